The first-order valence-corrected chi connectivity index (χ1v) is 13.3. The maximum atomic E-state index is 13.1. The lowest BCUT2D eigenvalue weighted by atomic mass is 10.00. The van der Waals surface area contributed by atoms with Gasteiger partial charge >= 0.3 is 0 Å². The molecular weight excluding hydrogens is 441 g/mol. The zero-order chi connectivity index (χ0) is 22.8. The molecule has 1 heterocycles. The Morgan fingerprint density at radius 1 is 1.06 bits per heavy atom. The van der Waals surface area contributed by atoms with Crippen molar-refractivity contribution in [3.05, 3.63) is 59.4 Å². The highest BCUT2D eigenvalue weighted by molar-refractivity contribution is 7.91. The predicted octanol–water partition coefficient (Wildman–Crippen LogP) is 2.55. The van der Waals surface area contributed by atoms with Gasteiger partial charge < -0.3 is 0 Å². The van der Waals surface area contributed by atoms with Gasteiger partial charge in [0.15, 0.2) is 9.84 Å². The number of hydrogen-bond donors (Lipinski definition) is 2. The normalized spacial score (nSPS) is 19.8. The molecule has 7 nitrogen and oxygen atoms in total. The van der Waals surface area contributed by atoms with Crippen LogP contribution in [0.3, 0.4) is 0 Å². The Morgan fingerprint density at radius 2 is 1.74 bits per heavy atom. The zero-order valence-corrected chi connectivity index (χ0v) is 19.4. The summed E-state index contributed by atoms with van der Waals surface area (Å²) in [5.41, 5.74) is 7.92. The number of benzene rings is 2. The smallest absolute Gasteiger partial charge is 0.243 e. The van der Waals surface area contributed by atoms with E-state index in [1.165, 1.54) is 41.7 Å². The van der Waals surface area contributed by atoms with E-state index in [4.69, 9.17) is 0 Å². The van der Waals surface area contributed by atoms with Crippen LogP contribution in [0.5, 0.6) is 0 Å². The Morgan fingerprint density at radius 3 is 2.39 bits per heavy atom. The second-order valence-corrected chi connectivity index (χ2v) is 12.0. The fourth-order valence-corrected chi connectivity index (χ4v) is 5.84. The summed E-state index contributed by atoms with van der Waals surface area (Å²) in [7, 11) is -5.81. The van der Waals surface area contributed by atoms with E-state index in [2.05, 4.69) is 10.9 Å². The van der Waals surface area contributed by atoms with Crippen LogP contribution in [0, 0.1) is 12.7 Å². The van der Waals surface area contributed by atoms with Crippen LogP contribution < -0.4 is 10.9 Å². The summed E-state index contributed by atoms with van der Waals surface area (Å²) < 4.78 is 64.0. The van der Waals surface area contributed by atoms with Crippen molar-refractivity contribution in [2.45, 2.75) is 48.1 Å². The van der Waals surface area contributed by atoms with Crippen molar-refractivity contribution in [2.75, 3.05) is 19.8 Å². The Labute approximate surface area is 183 Å². The predicted molar refractivity (Wildman–Crippen MR) is 117 cm³/mol. The molecule has 0 aliphatic carbocycles. The van der Waals surface area contributed by atoms with E-state index in [0.29, 0.717) is 18.5 Å². The van der Waals surface area contributed by atoms with Crippen LogP contribution in [-0.4, -0.2) is 47.0 Å². The van der Waals surface area contributed by atoms with E-state index >= 15 is 0 Å². The standard InChI is InChI=1S/C21H28FN3O4S2/c1-15-6-11-19(30(3,26)27)14-21(15)31(28,29)25(2)12-4-5-18-13-20(24-23-18)16-7-9-17(22)10-8-16/h6-11,14,18,20,23-24H,4-5,12-13H2,1-3H3. The molecule has 2 aromatic rings. The van der Waals surface area contributed by atoms with Gasteiger partial charge in [-0.05, 0) is 61.6 Å². The maximum Gasteiger partial charge on any atom is 0.243 e. The SMILES string of the molecule is Cc1ccc(S(C)(=O)=O)cc1S(=O)(=O)N(C)CCCC1CC(c2ccc(F)cc2)NN1. The molecule has 1 aliphatic heterocycles. The average molecular weight is 470 g/mol. The highest BCUT2D eigenvalue weighted by atomic mass is 32.2. The monoisotopic (exact) mass is 469 g/mol. The molecular formula is C21H28FN3O4S2. The number of nitrogens with one attached hydrogen (secondary N) is 2. The van der Waals surface area contributed by atoms with E-state index in [1.54, 1.807) is 19.1 Å². The van der Waals surface area contributed by atoms with Crippen molar-refractivity contribution < 1.29 is 21.2 Å². The molecule has 1 aliphatic rings. The van der Waals surface area contributed by atoms with Gasteiger partial charge in [0.2, 0.25) is 10.0 Å². The highest BCUT2D eigenvalue weighted by Crippen LogP contribution is 2.26. The van der Waals surface area contributed by atoms with Crippen LogP contribution in [-0.2, 0) is 19.9 Å². The molecule has 1 saturated heterocycles. The number of aryl methyl sites for hydroxylation is 1. The van der Waals surface area contributed by atoms with Crippen LogP contribution >= 0.6 is 0 Å². The molecule has 0 spiro atoms. The number of sulfone groups is 1. The topological polar surface area (TPSA) is 95.6 Å². The van der Waals surface area contributed by atoms with Gasteiger partial charge in [0.05, 0.1) is 9.79 Å². The van der Waals surface area contributed by atoms with Crippen LogP contribution in [0.4, 0.5) is 4.39 Å². The fraction of sp³-hybridized carbons (Fsp3) is 0.429. The van der Waals surface area contributed by atoms with Crippen molar-refractivity contribution in [3.63, 3.8) is 0 Å². The number of hydrogen-bond acceptors (Lipinski definition) is 6. The lowest BCUT2D eigenvalue weighted by Crippen LogP contribution is -2.32. The Bertz CT molecular complexity index is 1140. The van der Waals surface area contributed by atoms with Gasteiger partial charge in [-0.25, -0.2) is 25.5 Å². The minimum Gasteiger partial charge on any atom is -0.254 e. The number of rotatable bonds is 8. The first-order chi connectivity index (χ1) is 14.5. The summed E-state index contributed by atoms with van der Waals surface area (Å²) in [6, 6.07) is 10.8. The molecule has 0 amide bonds. The molecule has 2 atom stereocenters. The molecule has 2 aromatic carbocycles. The molecule has 0 saturated carbocycles. The molecule has 1 fully saturated rings. The van der Waals surface area contributed by atoms with E-state index in [9.17, 15) is 21.2 Å². The molecule has 2 N–H and O–H groups in total. The molecule has 3 rings (SSSR count). The summed E-state index contributed by atoms with van der Waals surface area (Å²) in [5.74, 6) is -0.271. The number of halogens is 1. The third-order valence-electron chi connectivity index (χ3n) is 5.56. The number of hydrazine groups is 1. The maximum absolute atomic E-state index is 13.1. The molecule has 31 heavy (non-hydrogen) atoms. The van der Waals surface area contributed by atoms with Crippen molar-refractivity contribution in [1.29, 1.82) is 0 Å². The second-order valence-electron chi connectivity index (χ2n) is 7.99. The van der Waals surface area contributed by atoms with Crippen LogP contribution in [0.1, 0.15) is 36.4 Å². The fourth-order valence-electron chi connectivity index (χ4n) is 3.66. The zero-order valence-electron chi connectivity index (χ0n) is 17.8. The van der Waals surface area contributed by atoms with Crippen LogP contribution in [0.2, 0.25) is 0 Å². The second kappa shape index (κ2) is 9.33. The van der Waals surface area contributed by atoms with Gasteiger partial charge in [-0.3, -0.25) is 10.9 Å². The van der Waals surface area contributed by atoms with Gasteiger partial charge in [-0.1, -0.05) is 18.2 Å². The molecule has 170 valence electrons. The van der Waals surface area contributed by atoms with Crippen LogP contribution in [0.25, 0.3) is 0 Å². The number of sulfonamides is 1. The highest BCUT2D eigenvalue weighted by Gasteiger charge is 2.27. The molecule has 0 radical (unpaired) electrons. The van der Waals surface area contributed by atoms with E-state index in [0.717, 1.165) is 24.7 Å². The van der Waals surface area contributed by atoms with Crippen molar-refractivity contribution in [2.24, 2.45) is 0 Å². The van der Waals surface area contributed by atoms with Gasteiger partial charge in [0.1, 0.15) is 5.82 Å². The summed E-state index contributed by atoms with van der Waals surface area (Å²) >= 11 is 0. The Kier molecular flexibility index (Phi) is 7.17. The van der Waals surface area contributed by atoms with E-state index in [1.807, 2.05) is 0 Å². The minimum atomic E-state index is -3.81. The van der Waals surface area contributed by atoms with E-state index < -0.39 is 19.9 Å². The molecule has 0 bridgehead atoms. The first-order valence-electron chi connectivity index (χ1n) is 10.0. The average Bonchev–Trinajstić information content (AvgIpc) is 3.16. The summed E-state index contributed by atoms with van der Waals surface area (Å²) in [6.45, 7) is 1.96. The number of nitrogens with zero attached hydrogens (tertiary/aromatic N) is 1. The third kappa shape index (κ3) is 5.69. The molecule has 10 heteroatoms. The molecule has 2 unspecified atom stereocenters. The molecule has 0 aromatic heterocycles. The van der Waals surface area contributed by atoms with Gasteiger partial charge in [0, 0.05) is 31.9 Å². The minimum absolute atomic E-state index is 0.00922. The van der Waals surface area contributed by atoms with E-state index in [-0.39, 0.29) is 27.7 Å². The lowest BCUT2D eigenvalue weighted by molar-refractivity contribution is 0.427. The largest absolute Gasteiger partial charge is 0.254 e. The van der Waals surface area contributed by atoms with Crippen LogP contribution in [0.15, 0.2) is 52.3 Å². The van der Waals surface area contributed by atoms with Crippen molar-refractivity contribution in [3.8, 4) is 0 Å². The summed E-state index contributed by atoms with van der Waals surface area (Å²) in [5, 5.41) is 0. The Hall–Kier alpha value is -1.85. The lowest BCUT2D eigenvalue weighted by Gasteiger charge is -2.20. The quantitative estimate of drug-likeness (QED) is 0.617. The summed E-state index contributed by atoms with van der Waals surface area (Å²) in [6.07, 6.45) is 3.26. The van der Waals surface area contributed by atoms with Crippen molar-refractivity contribution >= 4 is 19.9 Å². The van der Waals surface area contributed by atoms with Gasteiger partial charge in [-0.2, -0.15) is 0 Å². The first kappa shape index (κ1) is 23.8. The third-order valence-corrected chi connectivity index (χ3v) is 8.66. The summed E-state index contributed by atoms with van der Waals surface area (Å²) in [4.78, 5) is -0.00639. The van der Waals surface area contributed by atoms with Gasteiger partial charge in [0.25, 0.3) is 0 Å². The van der Waals surface area contributed by atoms with Gasteiger partial charge in [-0.15, -0.1) is 0 Å². The Balaban J connectivity index is 1.58. The van der Waals surface area contributed by atoms with Crippen molar-refractivity contribution in [1.82, 2.24) is 15.2 Å².